The average molecular weight is 292 g/mol. The highest BCUT2D eigenvalue weighted by molar-refractivity contribution is 5.79. The normalized spacial score (nSPS) is 14.9. The van der Waals surface area contributed by atoms with Crippen LogP contribution >= 0.6 is 0 Å². The quantitative estimate of drug-likeness (QED) is 0.830. The summed E-state index contributed by atoms with van der Waals surface area (Å²) in [6.45, 7) is 6.18. The van der Waals surface area contributed by atoms with Crippen LogP contribution < -0.4 is 20.5 Å². The number of carbonyl (C=O) groups is 1. The van der Waals surface area contributed by atoms with E-state index >= 15 is 0 Å². The van der Waals surface area contributed by atoms with Crippen molar-refractivity contribution in [1.29, 1.82) is 0 Å². The second-order valence-electron chi connectivity index (χ2n) is 5.61. The maximum absolute atomic E-state index is 12.0. The van der Waals surface area contributed by atoms with Gasteiger partial charge in [-0.1, -0.05) is 19.9 Å². The third kappa shape index (κ3) is 4.11. The summed E-state index contributed by atoms with van der Waals surface area (Å²) >= 11 is 0. The molecule has 1 heterocycles. The zero-order valence-corrected chi connectivity index (χ0v) is 12.7. The van der Waals surface area contributed by atoms with Crippen molar-refractivity contribution in [2.24, 2.45) is 17.6 Å². The van der Waals surface area contributed by atoms with Gasteiger partial charge in [-0.2, -0.15) is 0 Å². The van der Waals surface area contributed by atoms with E-state index in [1.165, 1.54) is 0 Å². The van der Waals surface area contributed by atoms with Crippen molar-refractivity contribution in [3.8, 4) is 11.5 Å². The van der Waals surface area contributed by atoms with Crippen molar-refractivity contribution in [3.63, 3.8) is 0 Å². The van der Waals surface area contributed by atoms with E-state index in [-0.39, 0.29) is 17.7 Å². The summed E-state index contributed by atoms with van der Waals surface area (Å²) in [6.07, 6.45) is 0.762. The summed E-state index contributed by atoms with van der Waals surface area (Å²) in [5.41, 5.74) is 6.76. The Labute approximate surface area is 125 Å². The molecule has 0 fully saturated rings. The molecule has 1 atom stereocenters. The summed E-state index contributed by atoms with van der Waals surface area (Å²) in [4.78, 5) is 12.0. The minimum atomic E-state index is -0.120. The molecule has 21 heavy (non-hydrogen) atoms. The van der Waals surface area contributed by atoms with Gasteiger partial charge in [0.1, 0.15) is 13.2 Å². The van der Waals surface area contributed by atoms with Gasteiger partial charge in [0.15, 0.2) is 11.5 Å². The maximum Gasteiger partial charge on any atom is 0.224 e. The molecule has 1 aliphatic heterocycles. The van der Waals surface area contributed by atoms with Crippen LogP contribution in [0.25, 0.3) is 0 Å². The van der Waals surface area contributed by atoms with Gasteiger partial charge in [-0.05, 0) is 30.0 Å². The first kappa shape index (κ1) is 15.6. The molecule has 0 aliphatic carbocycles. The Balaban J connectivity index is 1.84. The topological polar surface area (TPSA) is 73.6 Å². The van der Waals surface area contributed by atoms with Crippen LogP contribution in [0.3, 0.4) is 0 Å². The van der Waals surface area contributed by atoms with Gasteiger partial charge in [-0.3, -0.25) is 4.79 Å². The fraction of sp³-hybridized carbons (Fsp3) is 0.562. The molecule has 5 nitrogen and oxygen atoms in total. The molecule has 0 saturated carbocycles. The molecule has 1 amide bonds. The van der Waals surface area contributed by atoms with E-state index in [0.717, 1.165) is 23.5 Å². The van der Waals surface area contributed by atoms with Crippen molar-refractivity contribution in [2.45, 2.75) is 20.3 Å². The van der Waals surface area contributed by atoms with Crippen LogP contribution in [0.4, 0.5) is 0 Å². The summed E-state index contributed by atoms with van der Waals surface area (Å²) in [6, 6.07) is 5.90. The van der Waals surface area contributed by atoms with Crippen LogP contribution in [-0.2, 0) is 11.2 Å². The summed E-state index contributed by atoms with van der Waals surface area (Å²) in [5, 5.41) is 2.95. The molecule has 3 N–H and O–H groups in total. The first-order chi connectivity index (χ1) is 10.1. The predicted molar refractivity (Wildman–Crippen MR) is 81.5 cm³/mol. The lowest BCUT2D eigenvalue weighted by molar-refractivity contribution is -0.125. The number of benzene rings is 1. The summed E-state index contributed by atoms with van der Waals surface area (Å²) < 4.78 is 11.0. The van der Waals surface area contributed by atoms with Gasteiger partial charge in [0.2, 0.25) is 5.91 Å². The average Bonchev–Trinajstić information content (AvgIpc) is 2.47. The van der Waals surface area contributed by atoms with Crippen molar-refractivity contribution in [3.05, 3.63) is 23.8 Å². The SMILES string of the molecule is CC(C)C(CN)C(=O)NCCc1ccc2c(c1)OCCO2. The molecule has 1 aromatic rings. The number of carbonyl (C=O) groups excluding carboxylic acids is 1. The van der Waals surface area contributed by atoms with Gasteiger partial charge < -0.3 is 20.5 Å². The third-order valence-corrected chi connectivity index (χ3v) is 3.71. The number of hydrogen-bond donors (Lipinski definition) is 2. The van der Waals surface area contributed by atoms with E-state index in [9.17, 15) is 4.79 Å². The molecule has 2 rings (SSSR count). The van der Waals surface area contributed by atoms with Gasteiger partial charge in [-0.15, -0.1) is 0 Å². The second-order valence-corrected chi connectivity index (χ2v) is 5.61. The standard InChI is InChI=1S/C16H24N2O3/c1-11(2)13(10-17)16(19)18-6-5-12-3-4-14-15(9-12)21-8-7-20-14/h3-4,9,11,13H,5-8,10,17H2,1-2H3,(H,18,19). The van der Waals surface area contributed by atoms with Gasteiger partial charge in [0.25, 0.3) is 0 Å². The van der Waals surface area contributed by atoms with Gasteiger partial charge in [-0.25, -0.2) is 0 Å². The second kappa shape index (κ2) is 7.31. The molecule has 0 saturated heterocycles. The van der Waals surface area contributed by atoms with Crippen molar-refractivity contribution >= 4 is 5.91 Å². The number of hydrogen-bond acceptors (Lipinski definition) is 4. The van der Waals surface area contributed by atoms with Crippen molar-refractivity contribution in [1.82, 2.24) is 5.32 Å². The Morgan fingerprint density at radius 3 is 2.67 bits per heavy atom. The summed E-state index contributed by atoms with van der Waals surface area (Å²) in [5.74, 6) is 1.74. The van der Waals surface area contributed by atoms with E-state index < -0.39 is 0 Å². The lowest BCUT2D eigenvalue weighted by Gasteiger charge is -2.19. The fourth-order valence-corrected chi connectivity index (χ4v) is 2.39. The minimum Gasteiger partial charge on any atom is -0.486 e. The van der Waals surface area contributed by atoms with Crippen LogP contribution in [0, 0.1) is 11.8 Å². The largest absolute Gasteiger partial charge is 0.486 e. The van der Waals surface area contributed by atoms with Crippen molar-refractivity contribution in [2.75, 3.05) is 26.3 Å². The number of nitrogens with two attached hydrogens (primary N) is 1. The Morgan fingerprint density at radius 1 is 1.29 bits per heavy atom. The Hall–Kier alpha value is -1.75. The molecule has 0 aromatic heterocycles. The first-order valence-electron chi connectivity index (χ1n) is 7.48. The molecule has 1 aliphatic rings. The van der Waals surface area contributed by atoms with Crippen LogP contribution in [0.1, 0.15) is 19.4 Å². The van der Waals surface area contributed by atoms with Crippen LogP contribution in [0.2, 0.25) is 0 Å². The molecular weight excluding hydrogens is 268 g/mol. The van der Waals surface area contributed by atoms with Crippen LogP contribution in [0.5, 0.6) is 11.5 Å². The van der Waals surface area contributed by atoms with Gasteiger partial charge in [0, 0.05) is 13.1 Å². The highest BCUT2D eigenvalue weighted by Crippen LogP contribution is 2.30. The lowest BCUT2D eigenvalue weighted by Crippen LogP contribution is -2.38. The maximum atomic E-state index is 12.0. The zero-order chi connectivity index (χ0) is 15.2. The minimum absolute atomic E-state index is 0.0324. The zero-order valence-electron chi connectivity index (χ0n) is 12.7. The molecule has 5 heteroatoms. The van der Waals surface area contributed by atoms with E-state index in [4.69, 9.17) is 15.2 Å². The molecule has 0 radical (unpaired) electrons. The first-order valence-corrected chi connectivity index (χ1v) is 7.48. The molecular formula is C16H24N2O3. The van der Waals surface area contributed by atoms with Crippen LogP contribution in [-0.4, -0.2) is 32.2 Å². The Morgan fingerprint density at radius 2 is 2.00 bits per heavy atom. The number of amides is 1. The summed E-state index contributed by atoms with van der Waals surface area (Å²) in [7, 11) is 0. The van der Waals surface area contributed by atoms with E-state index in [0.29, 0.717) is 26.3 Å². The molecule has 116 valence electrons. The number of rotatable bonds is 6. The van der Waals surface area contributed by atoms with E-state index in [2.05, 4.69) is 5.32 Å². The monoisotopic (exact) mass is 292 g/mol. The molecule has 0 spiro atoms. The van der Waals surface area contributed by atoms with Gasteiger partial charge >= 0.3 is 0 Å². The fourth-order valence-electron chi connectivity index (χ4n) is 2.39. The Bertz CT molecular complexity index is 488. The molecule has 0 bridgehead atoms. The lowest BCUT2D eigenvalue weighted by atomic mass is 9.95. The number of fused-ring (bicyclic) bond motifs is 1. The number of nitrogens with one attached hydrogen (secondary N) is 1. The molecule has 1 aromatic carbocycles. The van der Waals surface area contributed by atoms with E-state index in [1.54, 1.807) is 0 Å². The highest BCUT2D eigenvalue weighted by Gasteiger charge is 2.19. The third-order valence-electron chi connectivity index (χ3n) is 3.71. The van der Waals surface area contributed by atoms with Crippen molar-refractivity contribution < 1.29 is 14.3 Å². The smallest absolute Gasteiger partial charge is 0.224 e. The van der Waals surface area contributed by atoms with Gasteiger partial charge in [0.05, 0.1) is 5.92 Å². The van der Waals surface area contributed by atoms with E-state index in [1.807, 2.05) is 32.0 Å². The van der Waals surface area contributed by atoms with Crippen LogP contribution in [0.15, 0.2) is 18.2 Å². The number of ether oxygens (including phenoxy) is 2. The predicted octanol–water partition coefficient (Wildman–Crippen LogP) is 1.35. The molecule has 1 unspecified atom stereocenters. The Kier molecular flexibility index (Phi) is 5.44. The highest BCUT2D eigenvalue weighted by atomic mass is 16.6.